The van der Waals surface area contributed by atoms with Crippen LogP contribution in [0.15, 0.2) is 41.4 Å². The number of nitrogens with zero attached hydrogens (tertiary/aromatic N) is 3. The lowest BCUT2D eigenvalue weighted by Crippen LogP contribution is -2.45. The van der Waals surface area contributed by atoms with E-state index in [-0.39, 0.29) is 29.7 Å². The van der Waals surface area contributed by atoms with Crippen molar-refractivity contribution in [2.75, 3.05) is 45.5 Å². The van der Waals surface area contributed by atoms with Crippen LogP contribution in [-0.2, 0) is 10.0 Å². The molecule has 1 aromatic carbocycles. The van der Waals surface area contributed by atoms with Gasteiger partial charge in [-0.25, -0.2) is 12.7 Å². The van der Waals surface area contributed by atoms with Crippen LogP contribution in [0.2, 0.25) is 0 Å². The van der Waals surface area contributed by atoms with Gasteiger partial charge in [-0.3, -0.25) is 4.99 Å². The van der Waals surface area contributed by atoms with Gasteiger partial charge in [-0.2, -0.15) is 0 Å². The number of benzene rings is 1. The van der Waals surface area contributed by atoms with Gasteiger partial charge in [0.2, 0.25) is 10.0 Å². The normalized spacial score (nSPS) is 15.3. The van der Waals surface area contributed by atoms with Gasteiger partial charge in [-0.1, -0.05) is 50.3 Å². The molecule has 8 heteroatoms. The summed E-state index contributed by atoms with van der Waals surface area (Å²) in [6.07, 6.45) is 3.17. The van der Waals surface area contributed by atoms with Gasteiger partial charge in [0.25, 0.3) is 0 Å². The van der Waals surface area contributed by atoms with Crippen LogP contribution < -0.4 is 5.32 Å². The maximum absolute atomic E-state index is 12.3. The Hall–Kier alpha value is -1.13. The van der Waals surface area contributed by atoms with Crippen LogP contribution in [0.5, 0.6) is 0 Å². The third kappa shape index (κ3) is 6.76. The fraction of sp³-hybridized carbons (Fsp3) is 0.526. The molecular formula is C19H31IN4O2S. The van der Waals surface area contributed by atoms with Crippen LogP contribution in [0.3, 0.4) is 0 Å². The Morgan fingerprint density at radius 3 is 2.41 bits per heavy atom. The minimum Gasteiger partial charge on any atom is -0.355 e. The lowest BCUT2D eigenvalue weighted by molar-refractivity contribution is 0.436. The first-order valence-corrected chi connectivity index (χ1v) is 10.8. The summed E-state index contributed by atoms with van der Waals surface area (Å²) in [7, 11) is -1.48. The first kappa shape index (κ1) is 23.9. The van der Waals surface area contributed by atoms with Crippen molar-refractivity contribution in [3.8, 4) is 0 Å². The smallest absolute Gasteiger partial charge is 0.215 e. The van der Waals surface area contributed by atoms with Crippen LogP contribution in [-0.4, -0.2) is 69.1 Å². The van der Waals surface area contributed by atoms with Crippen molar-refractivity contribution in [1.82, 2.24) is 14.5 Å². The molecule has 0 radical (unpaired) electrons. The Bertz CT molecular complexity index is 731. The van der Waals surface area contributed by atoms with Crippen LogP contribution >= 0.6 is 24.0 Å². The summed E-state index contributed by atoms with van der Waals surface area (Å²) in [5.41, 5.74) is 2.61. The third-order valence-corrected chi connectivity index (χ3v) is 6.63. The van der Waals surface area contributed by atoms with Gasteiger partial charge < -0.3 is 10.2 Å². The van der Waals surface area contributed by atoms with Gasteiger partial charge in [0.15, 0.2) is 5.96 Å². The molecule has 6 nitrogen and oxygen atoms in total. The van der Waals surface area contributed by atoms with Crippen molar-refractivity contribution in [2.45, 2.75) is 20.3 Å². The average molecular weight is 506 g/mol. The summed E-state index contributed by atoms with van der Waals surface area (Å²) < 4.78 is 26.0. The number of sulfonamides is 1. The van der Waals surface area contributed by atoms with E-state index in [0.29, 0.717) is 19.6 Å². The first-order chi connectivity index (χ1) is 12.5. The van der Waals surface area contributed by atoms with Gasteiger partial charge in [0.05, 0.1) is 5.75 Å². The Kier molecular flexibility index (Phi) is 10.3. The second-order valence-electron chi connectivity index (χ2n) is 6.17. The molecule has 152 valence electrons. The molecule has 0 aromatic heterocycles. The van der Waals surface area contributed by atoms with Crippen molar-refractivity contribution in [3.05, 3.63) is 42.0 Å². The van der Waals surface area contributed by atoms with Crippen LogP contribution in [0.1, 0.15) is 25.8 Å². The topological polar surface area (TPSA) is 65.0 Å². The van der Waals surface area contributed by atoms with Crippen LogP contribution in [0, 0.1) is 0 Å². The first-order valence-electron chi connectivity index (χ1n) is 9.19. The van der Waals surface area contributed by atoms with E-state index in [1.807, 2.05) is 19.9 Å². The number of hydrogen-bond acceptors (Lipinski definition) is 3. The molecule has 0 unspecified atom stereocenters. The molecule has 1 heterocycles. The molecule has 0 atom stereocenters. The van der Waals surface area contributed by atoms with Gasteiger partial charge in [0, 0.05) is 39.8 Å². The summed E-state index contributed by atoms with van der Waals surface area (Å²) in [4.78, 5) is 6.46. The van der Waals surface area contributed by atoms with Gasteiger partial charge in [-0.15, -0.1) is 24.0 Å². The van der Waals surface area contributed by atoms with Crippen molar-refractivity contribution in [3.63, 3.8) is 0 Å². The van der Waals surface area contributed by atoms with E-state index in [1.165, 1.54) is 15.4 Å². The zero-order chi connectivity index (χ0) is 19.0. The van der Waals surface area contributed by atoms with Gasteiger partial charge in [-0.05, 0) is 17.6 Å². The Labute approximate surface area is 180 Å². The molecular weight excluding hydrogens is 475 g/mol. The van der Waals surface area contributed by atoms with Crippen LogP contribution in [0.4, 0.5) is 0 Å². The van der Waals surface area contributed by atoms with Crippen molar-refractivity contribution < 1.29 is 8.42 Å². The Morgan fingerprint density at radius 1 is 1.22 bits per heavy atom. The number of rotatable bonds is 7. The highest BCUT2D eigenvalue weighted by Crippen LogP contribution is 2.21. The van der Waals surface area contributed by atoms with Crippen molar-refractivity contribution in [1.29, 1.82) is 0 Å². The number of guanidine groups is 1. The predicted octanol–water partition coefficient (Wildman–Crippen LogP) is 2.64. The summed E-state index contributed by atoms with van der Waals surface area (Å²) in [6, 6.07) is 10.4. The summed E-state index contributed by atoms with van der Waals surface area (Å²) in [5.74, 6) is 0.829. The largest absolute Gasteiger partial charge is 0.355 e. The molecule has 0 bridgehead atoms. The monoisotopic (exact) mass is 506 g/mol. The van der Waals surface area contributed by atoms with E-state index in [0.717, 1.165) is 25.5 Å². The standard InChI is InChI=1S/C19H30N4O2S.HI/c1-4-23(5-2)26(24,25)16-13-21-19(20-3)22-14-11-18(12-15-22)17-9-7-6-8-10-17;/h6-11H,4-5,12-16H2,1-3H3,(H,20,21);1H. The maximum Gasteiger partial charge on any atom is 0.215 e. The second-order valence-corrected chi connectivity index (χ2v) is 8.25. The van der Waals surface area contributed by atoms with Gasteiger partial charge in [0.1, 0.15) is 0 Å². The molecule has 27 heavy (non-hydrogen) atoms. The fourth-order valence-electron chi connectivity index (χ4n) is 3.15. The van der Waals surface area contributed by atoms with E-state index >= 15 is 0 Å². The molecule has 1 aliphatic heterocycles. The maximum atomic E-state index is 12.3. The van der Waals surface area contributed by atoms with Gasteiger partial charge >= 0.3 is 0 Å². The van der Waals surface area contributed by atoms with E-state index in [1.54, 1.807) is 7.05 Å². The fourth-order valence-corrected chi connectivity index (χ4v) is 4.55. The molecule has 1 aromatic rings. The number of hydrogen-bond donors (Lipinski definition) is 1. The average Bonchev–Trinajstić information content (AvgIpc) is 2.67. The van der Waals surface area contributed by atoms with Crippen molar-refractivity contribution >= 4 is 45.5 Å². The lowest BCUT2D eigenvalue weighted by atomic mass is 10.00. The SMILES string of the molecule is CCN(CC)S(=O)(=O)CCNC(=NC)N1CC=C(c2ccccc2)CC1.I. The van der Waals surface area contributed by atoms with E-state index in [2.05, 4.69) is 45.6 Å². The summed E-state index contributed by atoms with van der Waals surface area (Å²) in [6.45, 7) is 6.72. The molecule has 1 N–H and O–H groups in total. The molecule has 0 fully saturated rings. The molecule has 2 rings (SSSR count). The number of halogens is 1. The van der Waals surface area contributed by atoms with E-state index < -0.39 is 10.0 Å². The molecule has 0 spiro atoms. The highest BCUT2D eigenvalue weighted by molar-refractivity contribution is 14.0. The highest BCUT2D eigenvalue weighted by Gasteiger charge is 2.20. The third-order valence-electron chi connectivity index (χ3n) is 4.61. The summed E-state index contributed by atoms with van der Waals surface area (Å²) in [5, 5.41) is 3.19. The number of aliphatic imine (C=N–C) groups is 1. The van der Waals surface area contributed by atoms with E-state index in [9.17, 15) is 8.42 Å². The minimum atomic E-state index is -3.22. The van der Waals surface area contributed by atoms with E-state index in [4.69, 9.17) is 0 Å². The Balaban J connectivity index is 0.00000364. The Morgan fingerprint density at radius 2 is 1.89 bits per heavy atom. The predicted molar refractivity (Wildman–Crippen MR) is 124 cm³/mol. The molecule has 0 aliphatic carbocycles. The zero-order valence-corrected chi connectivity index (χ0v) is 19.5. The highest BCUT2D eigenvalue weighted by atomic mass is 127. The number of nitrogens with one attached hydrogen (secondary N) is 1. The second kappa shape index (κ2) is 11.7. The molecule has 0 saturated carbocycles. The minimum absolute atomic E-state index is 0. The quantitative estimate of drug-likeness (QED) is 0.351. The lowest BCUT2D eigenvalue weighted by Gasteiger charge is -2.30. The van der Waals surface area contributed by atoms with Crippen molar-refractivity contribution in [2.24, 2.45) is 4.99 Å². The summed E-state index contributed by atoms with van der Waals surface area (Å²) >= 11 is 0. The molecule has 1 aliphatic rings. The molecule has 0 amide bonds. The molecule has 0 saturated heterocycles. The van der Waals surface area contributed by atoms with Crippen LogP contribution in [0.25, 0.3) is 5.57 Å². The zero-order valence-electron chi connectivity index (χ0n) is 16.4.